The first-order valence-corrected chi connectivity index (χ1v) is 7.99. The monoisotopic (exact) mass is 295 g/mol. The summed E-state index contributed by atoms with van der Waals surface area (Å²) in [5.41, 5.74) is -0.598. The first kappa shape index (κ1) is 17.7. The Morgan fingerprint density at radius 1 is 1.43 bits per heavy atom. The summed E-state index contributed by atoms with van der Waals surface area (Å²) in [6, 6.07) is 0. The van der Waals surface area contributed by atoms with E-state index in [2.05, 4.69) is 28.7 Å². The molecule has 1 heterocycles. The highest BCUT2D eigenvalue weighted by molar-refractivity contribution is 5.80. The van der Waals surface area contributed by atoms with E-state index in [1.54, 1.807) is 0 Å². The van der Waals surface area contributed by atoms with Crippen LogP contribution < -0.4 is 5.32 Å². The molecule has 1 atom stereocenters. The van der Waals surface area contributed by atoms with Crippen molar-refractivity contribution in [3.63, 3.8) is 0 Å². The average molecular weight is 295 g/mol. The standard InChI is InChI=1S/C16H29N3O2/c1-5-10-18-16(4,15(20)21-7-3)9-8-12-19-13-11-17-14(19)6-2/h11,13,18H,5-10,12H2,1-4H3. The van der Waals surface area contributed by atoms with E-state index in [4.69, 9.17) is 4.74 Å². The molecule has 1 rings (SSSR count). The first-order chi connectivity index (χ1) is 10.1. The van der Waals surface area contributed by atoms with Gasteiger partial charge in [-0.1, -0.05) is 13.8 Å². The highest BCUT2D eigenvalue weighted by Crippen LogP contribution is 2.16. The number of imidazole rings is 1. The lowest BCUT2D eigenvalue weighted by molar-refractivity contribution is -0.150. The second-order valence-electron chi connectivity index (χ2n) is 5.47. The van der Waals surface area contributed by atoms with E-state index in [9.17, 15) is 4.79 Å². The van der Waals surface area contributed by atoms with Crippen molar-refractivity contribution in [2.45, 2.75) is 65.5 Å². The molecular formula is C16H29N3O2. The number of esters is 1. The van der Waals surface area contributed by atoms with Crippen molar-refractivity contribution in [1.82, 2.24) is 14.9 Å². The van der Waals surface area contributed by atoms with Crippen LogP contribution >= 0.6 is 0 Å². The molecule has 21 heavy (non-hydrogen) atoms. The fraction of sp³-hybridized carbons (Fsp3) is 0.750. The maximum atomic E-state index is 12.2. The van der Waals surface area contributed by atoms with Crippen molar-refractivity contribution in [1.29, 1.82) is 0 Å². The summed E-state index contributed by atoms with van der Waals surface area (Å²) in [6.07, 6.45) is 7.42. The molecule has 0 radical (unpaired) electrons. The SMILES string of the molecule is CCCNC(C)(CCCn1ccnc1CC)C(=O)OCC. The number of rotatable bonds is 10. The van der Waals surface area contributed by atoms with E-state index >= 15 is 0 Å². The van der Waals surface area contributed by atoms with Gasteiger partial charge in [0.05, 0.1) is 6.61 Å². The lowest BCUT2D eigenvalue weighted by Gasteiger charge is -2.28. The molecule has 0 aliphatic heterocycles. The molecule has 0 aliphatic rings. The Kier molecular flexibility index (Phi) is 7.43. The van der Waals surface area contributed by atoms with Crippen LogP contribution in [0.25, 0.3) is 0 Å². The molecule has 1 N–H and O–H groups in total. The number of hydrogen-bond acceptors (Lipinski definition) is 4. The summed E-state index contributed by atoms with van der Waals surface area (Å²) in [4.78, 5) is 16.5. The third-order valence-electron chi connectivity index (χ3n) is 3.68. The Bertz CT molecular complexity index is 431. The molecule has 120 valence electrons. The zero-order chi connectivity index (χ0) is 15.7. The van der Waals surface area contributed by atoms with Gasteiger partial charge in [-0.15, -0.1) is 0 Å². The summed E-state index contributed by atoms with van der Waals surface area (Å²) in [5, 5.41) is 3.34. The van der Waals surface area contributed by atoms with E-state index in [1.165, 1.54) is 0 Å². The van der Waals surface area contributed by atoms with Gasteiger partial charge in [0.15, 0.2) is 0 Å². The molecule has 1 aromatic rings. The van der Waals surface area contributed by atoms with Crippen LogP contribution in [0, 0.1) is 0 Å². The van der Waals surface area contributed by atoms with Crippen LogP contribution in [0.15, 0.2) is 12.4 Å². The van der Waals surface area contributed by atoms with Crippen molar-refractivity contribution >= 4 is 5.97 Å². The maximum absolute atomic E-state index is 12.2. The highest BCUT2D eigenvalue weighted by atomic mass is 16.5. The second-order valence-corrected chi connectivity index (χ2v) is 5.47. The molecule has 0 amide bonds. The minimum atomic E-state index is -0.598. The number of hydrogen-bond donors (Lipinski definition) is 1. The van der Waals surface area contributed by atoms with E-state index in [1.807, 2.05) is 26.2 Å². The molecule has 0 spiro atoms. The summed E-state index contributed by atoms with van der Waals surface area (Å²) < 4.78 is 7.37. The molecule has 1 aromatic heterocycles. The third-order valence-corrected chi connectivity index (χ3v) is 3.68. The lowest BCUT2D eigenvalue weighted by Crippen LogP contribution is -2.50. The van der Waals surface area contributed by atoms with Gasteiger partial charge >= 0.3 is 5.97 Å². The molecule has 5 nitrogen and oxygen atoms in total. The number of nitrogens with one attached hydrogen (secondary N) is 1. The van der Waals surface area contributed by atoms with Crippen LogP contribution in [0.3, 0.4) is 0 Å². The summed E-state index contributed by atoms with van der Waals surface area (Å²) >= 11 is 0. The minimum Gasteiger partial charge on any atom is -0.465 e. The molecule has 0 aromatic carbocycles. The summed E-state index contributed by atoms with van der Waals surface area (Å²) in [5.74, 6) is 0.939. The lowest BCUT2D eigenvalue weighted by atomic mass is 9.95. The van der Waals surface area contributed by atoms with Gasteiger partial charge in [-0.2, -0.15) is 0 Å². The van der Waals surface area contributed by atoms with Crippen LogP contribution in [0.2, 0.25) is 0 Å². The zero-order valence-corrected chi connectivity index (χ0v) is 13.8. The number of carbonyl (C=O) groups is 1. The number of aryl methyl sites for hydroxylation is 2. The zero-order valence-electron chi connectivity index (χ0n) is 13.8. The molecule has 0 saturated carbocycles. The Balaban J connectivity index is 2.58. The van der Waals surface area contributed by atoms with Crippen LogP contribution in [-0.4, -0.2) is 34.2 Å². The quantitative estimate of drug-likeness (QED) is 0.674. The molecular weight excluding hydrogens is 266 g/mol. The van der Waals surface area contributed by atoms with Gasteiger partial charge < -0.3 is 14.6 Å². The summed E-state index contributed by atoms with van der Waals surface area (Å²) in [6.45, 7) is 10.1. The van der Waals surface area contributed by atoms with Gasteiger partial charge in [0, 0.05) is 25.4 Å². The van der Waals surface area contributed by atoms with Crippen molar-refractivity contribution in [3.8, 4) is 0 Å². The second kappa shape index (κ2) is 8.82. The Morgan fingerprint density at radius 3 is 2.81 bits per heavy atom. The Morgan fingerprint density at radius 2 is 2.19 bits per heavy atom. The first-order valence-electron chi connectivity index (χ1n) is 7.99. The van der Waals surface area contributed by atoms with Crippen molar-refractivity contribution in [2.24, 2.45) is 0 Å². The predicted octanol–water partition coefficient (Wildman–Crippen LogP) is 2.55. The van der Waals surface area contributed by atoms with Gasteiger partial charge in [-0.05, 0) is 39.7 Å². The third kappa shape index (κ3) is 5.16. The van der Waals surface area contributed by atoms with Crippen molar-refractivity contribution < 1.29 is 9.53 Å². The van der Waals surface area contributed by atoms with E-state index in [0.717, 1.165) is 44.6 Å². The smallest absolute Gasteiger partial charge is 0.326 e. The van der Waals surface area contributed by atoms with Gasteiger partial charge in [-0.25, -0.2) is 4.98 Å². The van der Waals surface area contributed by atoms with Gasteiger partial charge in [0.1, 0.15) is 11.4 Å². The van der Waals surface area contributed by atoms with E-state index in [-0.39, 0.29) is 5.97 Å². The van der Waals surface area contributed by atoms with Crippen LogP contribution in [-0.2, 0) is 22.5 Å². The number of aromatic nitrogens is 2. The largest absolute Gasteiger partial charge is 0.465 e. The Hall–Kier alpha value is -1.36. The number of nitrogens with zero attached hydrogens (tertiary/aromatic N) is 2. The molecule has 5 heteroatoms. The van der Waals surface area contributed by atoms with Crippen LogP contribution in [0.4, 0.5) is 0 Å². The van der Waals surface area contributed by atoms with E-state index in [0.29, 0.717) is 6.61 Å². The maximum Gasteiger partial charge on any atom is 0.326 e. The minimum absolute atomic E-state index is 0.153. The number of carbonyl (C=O) groups excluding carboxylic acids is 1. The van der Waals surface area contributed by atoms with Crippen molar-refractivity contribution in [3.05, 3.63) is 18.2 Å². The molecule has 0 aliphatic carbocycles. The highest BCUT2D eigenvalue weighted by Gasteiger charge is 2.33. The predicted molar refractivity (Wildman–Crippen MR) is 84.2 cm³/mol. The normalized spacial score (nSPS) is 13.9. The van der Waals surface area contributed by atoms with Crippen molar-refractivity contribution in [2.75, 3.05) is 13.2 Å². The van der Waals surface area contributed by atoms with Gasteiger partial charge in [-0.3, -0.25) is 4.79 Å². The number of ether oxygens (including phenoxy) is 1. The Labute approximate surface area is 128 Å². The fourth-order valence-corrected chi connectivity index (χ4v) is 2.41. The molecule has 0 bridgehead atoms. The molecule has 1 unspecified atom stereocenters. The topological polar surface area (TPSA) is 56.2 Å². The van der Waals surface area contributed by atoms with Gasteiger partial charge in [0.25, 0.3) is 0 Å². The van der Waals surface area contributed by atoms with Crippen LogP contribution in [0.5, 0.6) is 0 Å². The molecule has 0 saturated heterocycles. The fourth-order valence-electron chi connectivity index (χ4n) is 2.41. The van der Waals surface area contributed by atoms with Crippen LogP contribution in [0.1, 0.15) is 52.8 Å². The van der Waals surface area contributed by atoms with E-state index < -0.39 is 5.54 Å². The van der Waals surface area contributed by atoms with Gasteiger partial charge in [0.2, 0.25) is 0 Å². The molecule has 0 fully saturated rings. The summed E-state index contributed by atoms with van der Waals surface area (Å²) in [7, 11) is 0. The average Bonchev–Trinajstić information content (AvgIpc) is 2.93.